The summed E-state index contributed by atoms with van der Waals surface area (Å²) in [6, 6.07) is 9.37. The summed E-state index contributed by atoms with van der Waals surface area (Å²) >= 11 is 0. The van der Waals surface area contributed by atoms with Crippen LogP contribution in [0.5, 0.6) is 11.5 Å². The van der Waals surface area contributed by atoms with Crippen LogP contribution < -0.4 is 9.47 Å². The number of hydrogen-bond donors (Lipinski definition) is 1. The van der Waals surface area contributed by atoms with Gasteiger partial charge in [0.05, 0.1) is 24.3 Å². The van der Waals surface area contributed by atoms with E-state index in [1.54, 1.807) is 18.2 Å². The zero-order valence-electron chi connectivity index (χ0n) is 17.2. The summed E-state index contributed by atoms with van der Waals surface area (Å²) in [5.74, 6) is -0.674. The number of carboxylic acids is 1. The van der Waals surface area contributed by atoms with Gasteiger partial charge in [0.2, 0.25) is 5.82 Å². The maximum absolute atomic E-state index is 14.2. The van der Waals surface area contributed by atoms with Gasteiger partial charge in [0.25, 0.3) is 5.89 Å². The van der Waals surface area contributed by atoms with Crippen molar-refractivity contribution >= 4 is 5.97 Å². The van der Waals surface area contributed by atoms with Crippen molar-refractivity contribution in [1.82, 2.24) is 10.1 Å². The van der Waals surface area contributed by atoms with Gasteiger partial charge in [-0.3, -0.25) is 4.79 Å². The number of nitrogens with zero attached hydrogens (tertiary/aromatic N) is 3. The lowest BCUT2D eigenvalue weighted by molar-refractivity contribution is -0.136. The van der Waals surface area contributed by atoms with Gasteiger partial charge in [0.1, 0.15) is 23.4 Å². The van der Waals surface area contributed by atoms with Gasteiger partial charge in [-0.15, -0.1) is 0 Å². The first-order valence-electron chi connectivity index (χ1n) is 9.45. The third-order valence-electron chi connectivity index (χ3n) is 4.32. The first-order chi connectivity index (χ1) is 14.8. The van der Waals surface area contributed by atoms with Gasteiger partial charge < -0.3 is 19.1 Å². The van der Waals surface area contributed by atoms with Crippen LogP contribution in [0.2, 0.25) is 0 Å². The number of hydrogen-bond acceptors (Lipinski definition) is 7. The Kier molecular flexibility index (Phi) is 6.50. The number of aliphatic carboxylic acids is 1. The molecule has 2 aromatic carbocycles. The number of halogens is 1. The van der Waals surface area contributed by atoms with Crippen LogP contribution in [0.1, 0.15) is 31.4 Å². The number of carboxylic acid groups (broad SMARTS) is 1. The van der Waals surface area contributed by atoms with Crippen LogP contribution >= 0.6 is 0 Å². The highest BCUT2D eigenvalue weighted by atomic mass is 19.1. The van der Waals surface area contributed by atoms with Crippen LogP contribution in [0.15, 0.2) is 34.9 Å². The topological polar surface area (TPSA) is 118 Å². The van der Waals surface area contributed by atoms with E-state index in [1.807, 2.05) is 13.8 Å². The molecule has 0 spiro atoms. The molecule has 3 rings (SSSR count). The molecule has 9 heteroatoms. The highest BCUT2D eigenvalue weighted by Gasteiger charge is 2.20. The first kappa shape index (κ1) is 21.8. The number of aryl methyl sites for hydroxylation is 1. The molecule has 0 aliphatic rings. The highest BCUT2D eigenvalue weighted by Crippen LogP contribution is 2.35. The van der Waals surface area contributed by atoms with E-state index in [1.165, 1.54) is 19.2 Å². The number of nitriles is 1. The molecule has 0 radical (unpaired) electrons. The quantitative estimate of drug-likeness (QED) is 0.570. The minimum atomic E-state index is -1.01. The number of methoxy groups -OCH3 is 1. The SMILES string of the molecule is COc1c(CCC(=O)O)cc(F)cc1-c1noc(-c2ccc(OC(C)C)c(C#N)c2)n1. The molecule has 0 fully saturated rings. The normalized spacial score (nSPS) is 10.7. The Balaban J connectivity index is 1.99. The van der Waals surface area contributed by atoms with Crippen molar-refractivity contribution in [3.05, 3.63) is 47.3 Å². The van der Waals surface area contributed by atoms with Gasteiger partial charge >= 0.3 is 5.97 Å². The molecule has 0 unspecified atom stereocenters. The van der Waals surface area contributed by atoms with Crippen LogP contribution in [0.4, 0.5) is 4.39 Å². The second-order valence-electron chi connectivity index (χ2n) is 6.95. The average Bonchev–Trinajstić information content (AvgIpc) is 3.21. The fourth-order valence-electron chi connectivity index (χ4n) is 3.04. The molecule has 0 bridgehead atoms. The van der Waals surface area contributed by atoms with E-state index in [0.717, 1.165) is 0 Å². The van der Waals surface area contributed by atoms with Crippen LogP contribution in [0.3, 0.4) is 0 Å². The number of ether oxygens (including phenoxy) is 2. The van der Waals surface area contributed by atoms with E-state index < -0.39 is 11.8 Å². The monoisotopic (exact) mass is 425 g/mol. The second kappa shape index (κ2) is 9.26. The molecule has 3 aromatic rings. The number of carbonyl (C=O) groups is 1. The van der Waals surface area contributed by atoms with E-state index in [0.29, 0.717) is 22.4 Å². The predicted octanol–water partition coefficient (Wildman–Crippen LogP) is 4.23. The molecule has 0 saturated carbocycles. The molecular formula is C22H20FN3O5. The van der Waals surface area contributed by atoms with Gasteiger partial charge in [-0.05, 0) is 56.2 Å². The summed E-state index contributed by atoms with van der Waals surface area (Å²) in [5.41, 5.74) is 1.42. The molecule has 1 aromatic heterocycles. The van der Waals surface area contributed by atoms with E-state index in [9.17, 15) is 14.4 Å². The van der Waals surface area contributed by atoms with Gasteiger partial charge in [0, 0.05) is 12.0 Å². The van der Waals surface area contributed by atoms with Gasteiger partial charge in [-0.25, -0.2) is 4.39 Å². The first-order valence-corrected chi connectivity index (χ1v) is 9.45. The summed E-state index contributed by atoms with van der Waals surface area (Å²) in [6.07, 6.45) is -0.196. The highest BCUT2D eigenvalue weighted by molar-refractivity contribution is 5.71. The third-order valence-corrected chi connectivity index (χ3v) is 4.32. The Hall–Kier alpha value is -3.93. The number of aromatic nitrogens is 2. The fourth-order valence-corrected chi connectivity index (χ4v) is 3.04. The largest absolute Gasteiger partial charge is 0.496 e. The zero-order valence-corrected chi connectivity index (χ0v) is 17.2. The molecular weight excluding hydrogens is 405 g/mol. The van der Waals surface area contributed by atoms with Gasteiger partial charge in [-0.1, -0.05) is 5.16 Å². The lowest BCUT2D eigenvalue weighted by Gasteiger charge is -2.11. The van der Waals surface area contributed by atoms with Crippen LogP contribution in [0.25, 0.3) is 22.8 Å². The van der Waals surface area contributed by atoms with Gasteiger partial charge in [0.15, 0.2) is 0 Å². The Bertz CT molecular complexity index is 1150. The predicted molar refractivity (Wildman–Crippen MR) is 108 cm³/mol. The van der Waals surface area contributed by atoms with Crippen LogP contribution in [-0.2, 0) is 11.2 Å². The summed E-state index contributed by atoms with van der Waals surface area (Å²) in [7, 11) is 1.40. The van der Waals surface area contributed by atoms with E-state index >= 15 is 0 Å². The van der Waals surface area contributed by atoms with E-state index in [-0.39, 0.29) is 42.0 Å². The zero-order chi connectivity index (χ0) is 22.5. The molecule has 8 nitrogen and oxygen atoms in total. The summed E-state index contributed by atoms with van der Waals surface area (Å²) in [4.78, 5) is 15.2. The second-order valence-corrected chi connectivity index (χ2v) is 6.95. The number of benzene rings is 2. The van der Waals surface area contributed by atoms with E-state index in [2.05, 4.69) is 16.2 Å². The van der Waals surface area contributed by atoms with E-state index in [4.69, 9.17) is 19.1 Å². The summed E-state index contributed by atoms with van der Waals surface area (Å²) < 4.78 is 30.5. The van der Waals surface area contributed by atoms with Crippen molar-refractivity contribution in [3.63, 3.8) is 0 Å². The average molecular weight is 425 g/mol. The molecule has 31 heavy (non-hydrogen) atoms. The van der Waals surface area contributed by atoms with Crippen molar-refractivity contribution in [2.24, 2.45) is 0 Å². The maximum Gasteiger partial charge on any atom is 0.303 e. The lowest BCUT2D eigenvalue weighted by atomic mass is 10.0. The Labute approximate surface area is 177 Å². The molecule has 0 saturated heterocycles. The molecule has 0 amide bonds. The molecule has 1 heterocycles. The molecule has 0 aliphatic carbocycles. The molecule has 0 atom stereocenters. The molecule has 160 valence electrons. The molecule has 0 aliphatic heterocycles. The third kappa shape index (κ3) is 4.98. The van der Waals surface area contributed by atoms with Crippen LogP contribution in [0, 0.1) is 17.1 Å². The maximum atomic E-state index is 14.2. The Morgan fingerprint density at radius 1 is 1.32 bits per heavy atom. The van der Waals surface area contributed by atoms with Crippen molar-refractivity contribution in [3.8, 4) is 40.4 Å². The standard InChI is InChI=1S/C22H20FN3O5/c1-12(2)30-18-6-4-14(8-15(18)11-24)22-25-21(26-31-22)17-10-16(23)9-13(20(17)29-3)5-7-19(27)28/h4,6,8-10,12H,5,7H2,1-3H3,(H,27,28). The van der Waals surface area contributed by atoms with Crippen molar-refractivity contribution in [2.75, 3.05) is 7.11 Å². The number of rotatable bonds is 8. The minimum absolute atomic E-state index is 0.0731. The molecule has 1 N–H and O–H groups in total. The van der Waals surface area contributed by atoms with Crippen molar-refractivity contribution in [1.29, 1.82) is 5.26 Å². The Morgan fingerprint density at radius 3 is 2.74 bits per heavy atom. The fraction of sp³-hybridized carbons (Fsp3) is 0.273. The van der Waals surface area contributed by atoms with Crippen molar-refractivity contribution < 1.29 is 28.3 Å². The smallest absolute Gasteiger partial charge is 0.303 e. The Morgan fingerprint density at radius 2 is 2.10 bits per heavy atom. The lowest BCUT2D eigenvalue weighted by Crippen LogP contribution is -2.06. The summed E-state index contributed by atoms with van der Waals surface area (Å²) in [6.45, 7) is 3.72. The summed E-state index contributed by atoms with van der Waals surface area (Å²) in [5, 5.41) is 22.2. The minimum Gasteiger partial charge on any atom is -0.496 e. The van der Waals surface area contributed by atoms with Gasteiger partial charge in [-0.2, -0.15) is 10.2 Å². The van der Waals surface area contributed by atoms with Crippen molar-refractivity contribution in [2.45, 2.75) is 32.8 Å². The van der Waals surface area contributed by atoms with Crippen LogP contribution in [-0.4, -0.2) is 34.4 Å².